The highest BCUT2D eigenvalue weighted by Crippen LogP contribution is 2.28. The Balaban J connectivity index is 1.92. The minimum atomic E-state index is -0.223. The molecule has 0 bridgehead atoms. The number of aromatic nitrogens is 2. The van der Waals surface area contributed by atoms with Crippen molar-refractivity contribution < 1.29 is 9.53 Å². The summed E-state index contributed by atoms with van der Waals surface area (Å²) in [6.07, 6.45) is 0. The number of nitrogens with one attached hydrogen (secondary N) is 1. The SMILES string of the molecule is COCC(=O)Nc1nnc(SCc2cc(C)cc(C)c2)s1. The number of nitrogens with zero attached hydrogens (tertiary/aromatic N) is 2. The van der Waals surface area contributed by atoms with E-state index in [2.05, 4.69) is 47.6 Å². The molecule has 2 aromatic rings. The normalized spacial score (nSPS) is 10.6. The van der Waals surface area contributed by atoms with Crippen molar-refractivity contribution in [2.45, 2.75) is 23.9 Å². The average Bonchev–Trinajstić information content (AvgIpc) is 2.83. The van der Waals surface area contributed by atoms with E-state index in [4.69, 9.17) is 4.74 Å². The van der Waals surface area contributed by atoms with Gasteiger partial charge in [-0.15, -0.1) is 10.2 Å². The Bertz CT molecular complexity index is 608. The minimum absolute atomic E-state index is 0.0185. The van der Waals surface area contributed by atoms with E-state index in [0.29, 0.717) is 5.13 Å². The van der Waals surface area contributed by atoms with E-state index in [9.17, 15) is 4.79 Å². The van der Waals surface area contributed by atoms with Gasteiger partial charge in [0.15, 0.2) is 4.34 Å². The summed E-state index contributed by atoms with van der Waals surface area (Å²) < 4.78 is 5.58. The predicted octanol–water partition coefficient (Wildman–Crippen LogP) is 3.03. The average molecular weight is 323 g/mol. The van der Waals surface area contributed by atoms with Gasteiger partial charge in [-0.2, -0.15) is 0 Å². The summed E-state index contributed by atoms with van der Waals surface area (Å²) in [5.41, 5.74) is 3.78. The van der Waals surface area contributed by atoms with E-state index >= 15 is 0 Å². The number of amides is 1. The summed E-state index contributed by atoms with van der Waals surface area (Å²) in [6.45, 7) is 4.20. The van der Waals surface area contributed by atoms with E-state index in [1.54, 1.807) is 11.8 Å². The first-order valence-electron chi connectivity index (χ1n) is 6.39. The van der Waals surface area contributed by atoms with Crippen LogP contribution in [-0.4, -0.2) is 29.8 Å². The molecule has 0 spiro atoms. The second-order valence-electron chi connectivity index (χ2n) is 4.64. The summed E-state index contributed by atoms with van der Waals surface area (Å²) >= 11 is 2.98. The lowest BCUT2D eigenvalue weighted by Crippen LogP contribution is -2.16. The fraction of sp³-hybridized carbons (Fsp3) is 0.357. The standard InChI is InChI=1S/C14H17N3O2S2/c1-9-4-10(2)6-11(5-9)8-20-14-17-16-13(21-14)15-12(18)7-19-3/h4-6H,7-8H2,1-3H3,(H,15,16,18). The van der Waals surface area contributed by atoms with E-state index in [-0.39, 0.29) is 12.5 Å². The summed E-state index contributed by atoms with van der Waals surface area (Å²) in [4.78, 5) is 11.4. The Morgan fingerprint density at radius 1 is 1.29 bits per heavy atom. The van der Waals surface area contributed by atoms with Gasteiger partial charge in [-0.05, 0) is 19.4 Å². The Morgan fingerprint density at radius 2 is 2.00 bits per heavy atom. The molecule has 1 aromatic carbocycles. The Labute approximate surface area is 132 Å². The summed E-state index contributed by atoms with van der Waals surface area (Å²) in [6, 6.07) is 6.49. The third kappa shape index (κ3) is 5.11. The van der Waals surface area contributed by atoms with Crippen LogP contribution < -0.4 is 5.32 Å². The monoisotopic (exact) mass is 323 g/mol. The van der Waals surface area contributed by atoms with Crippen LogP contribution in [0.3, 0.4) is 0 Å². The lowest BCUT2D eigenvalue weighted by Gasteiger charge is -2.03. The fourth-order valence-electron chi connectivity index (χ4n) is 1.90. The Kier molecular flexibility index (Phi) is 5.72. The highest BCUT2D eigenvalue weighted by molar-refractivity contribution is 8.00. The summed E-state index contributed by atoms with van der Waals surface area (Å²) in [5, 5.41) is 11.2. The molecule has 1 heterocycles. The number of anilines is 1. The second-order valence-corrected chi connectivity index (χ2v) is 6.84. The molecule has 1 amide bonds. The molecule has 1 aromatic heterocycles. The molecule has 1 N–H and O–H groups in total. The number of hydrogen-bond donors (Lipinski definition) is 1. The molecule has 0 aliphatic rings. The first kappa shape index (κ1) is 15.9. The molecule has 0 unspecified atom stereocenters. The number of hydrogen-bond acceptors (Lipinski definition) is 6. The molecule has 0 saturated carbocycles. The lowest BCUT2D eigenvalue weighted by atomic mass is 10.1. The molecule has 0 aliphatic heterocycles. The number of methoxy groups -OCH3 is 1. The van der Waals surface area contributed by atoms with E-state index in [1.165, 1.54) is 35.1 Å². The number of ether oxygens (including phenoxy) is 1. The predicted molar refractivity (Wildman–Crippen MR) is 85.9 cm³/mol. The van der Waals surface area contributed by atoms with Gasteiger partial charge in [-0.1, -0.05) is 52.4 Å². The minimum Gasteiger partial charge on any atom is -0.375 e. The molecule has 21 heavy (non-hydrogen) atoms. The van der Waals surface area contributed by atoms with Crippen molar-refractivity contribution >= 4 is 34.1 Å². The van der Waals surface area contributed by atoms with Crippen molar-refractivity contribution in [2.75, 3.05) is 19.0 Å². The molecule has 112 valence electrons. The van der Waals surface area contributed by atoms with Gasteiger partial charge in [0.25, 0.3) is 5.91 Å². The summed E-state index contributed by atoms with van der Waals surface area (Å²) in [7, 11) is 1.48. The first-order chi connectivity index (χ1) is 10.1. The molecular formula is C14H17N3O2S2. The quantitative estimate of drug-likeness (QED) is 0.654. The molecule has 0 aliphatic carbocycles. The van der Waals surface area contributed by atoms with Crippen LogP contribution in [0.25, 0.3) is 0 Å². The van der Waals surface area contributed by atoms with Gasteiger partial charge in [0.05, 0.1) is 0 Å². The zero-order valence-electron chi connectivity index (χ0n) is 12.2. The van der Waals surface area contributed by atoms with Crippen LogP contribution >= 0.6 is 23.1 Å². The molecule has 0 saturated heterocycles. The largest absolute Gasteiger partial charge is 0.375 e. The number of carbonyl (C=O) groups is 1. The van der Waals surface area contributed by atoms with Gasteiger partial charge in [0, 0.05) is 12.9 Å². The van der Waals surface area contributed by atoms with Crippen molar-refractivity contribution in [1.29, 1.82) is 0 Å². The van der Waals surface area contributed by atoms with E-state index in [1.807, 2.05) is 0 Å². The van der Waals surface area contributed by atoms with Gasteiger partial charge < -0.3 is 4.74 Å². The summed E-state index contributed by atoms with van der Waals surface area (Å²) in [5.74, 6) is 0.614. The first-order valence-corrected chi connectivity index (χ1v) is 8.19. The van der Waals surface area contributed by atoms with Crippen molar-refractivity contribution in [3.05, 3.63) is 34.9 Å². The maximum absolute atomic E-state index is 11.4. The lowest BCUT2D eigenvalue weighted by molar-refractivity contribution is -0.119. The van der Waals surface area contributed by atoms with E-state index < -0.39 is 0 Å². The van der Waals surface area contributed by atoms with Gasteiger partial charge in [-0.3, -0.25) is 10.1 Å². The fourth-order valence-corrected chi connectivity index (χ4v) is 3.60. The van der Waals surface area contributed by atoms with Gasteiger partial charge in [0.2, 0.25) is 5.13 Å². The van der Waals surface area contributed by atoms with Crippen molar-refractivity contribution in [2.24, 2.45) is 0 Å². The zero-order valence-corrected chi connectivity index (χ0v) is 13.8. The van der Waals surface area contributed by atoms with Crippen LogP contribution in [0.2, 0.25) is 0 Å². The molecule has 0 radical (unpaired) electrons. The Morgan fingerprint density at radius 3 is 2.67 bits per heavy atom. The smallest absolute Gasteiger partial charge is 0.252 e. The van der Waals surface area contributed by atoms with Gasteiger partial charge >= 0.3 is 0 Å². The van der Waals surface area contributed by atoms with Crippen molar-refractivity contribution in [3.8, 4) is 0 Å². The Hall–Kier alpha value is -1.44. The van der Waals surface area contributed by atoms with Crippen molar-refractivity contribution in [3.63, 3.8) is 0 Å². The molecule has 0 atom stereocenters. The van der Waals surface area contributed by atoms with Gasteiger partial charge in [0.1, 0.15) is 6.61 Å². The number of rotatable bonds is 6. The number of carbonyl (C=O) groups excluding carboxylic acids is 1. The molecule has 2 rings (SSSR count). The third-order valence-corrected chi connectivity index (χ3v) is 4.62. The van der Waals surface area contributed by atoms with Crippen LogP contribution in [0.15, 0.2) is 22.5 Å². The molecule has 5 nitrogen and oxygen atoms in total. The topological polar surface area (TPSA) is 64.1 Å². The highest BCUT2D eigenvalue weighted by Gasteiger charge is 2.08. The molecule has 7 heteroatoms. The van der Waals surface area contributed by atoms with Crippen molar-refractivity contribution in [1.82, 2.24) is 10.2 Å². The third-order valence-electron chi connectivity index (χ3n) is 2.57. The van der Waals surface area contributed by atoms with Crippen LogP contribution in [-0.2, 0) is 15.3 Å². The molecule has 0 fully saturated rings. The second kappa shape index (κ2) is 7.53. The zero-order chi connectivity index (χ0) is 15.2. The number of benzene rings is 1. The molecular weight excluding hydrogens is 306 g/mol. The highest BCUT2D eigenvalue weighted by atomic mass is 32.2. The number of aryl methyl sites for hydroxylation is 2. The van der Waals surface area contributed by atoms with Crippen LogP contribution in [0.4, 0.5) is 5.13 Å². The van der Waals surface area contributed by atoms with Crippen LogP contribution in [0.5, 0.6) is 0 Å². The maximum atomic E-state index is 11.4. The van der Waals surface area contributed by atoms with Gasteiger partial charge in [-0.25, -0.2) is 0 Å². The van der Waals surface area contributed by atoms with Crippen LogP contribution in [0.1, 0.15) is 16.7 Å². The number of thioether (sulfide) groups is 1. The maximum Gasteiger partial charge on any atom is 0.252 e. The van der Waals surface area contributed by atoms with Crippen LogP contribution in [0, 0.1) is 13.8 Å². The van der Waals surface area contributed by atoms with E-state index in [0.717, 1.165) is 10.1 Å².